The van der Waals surface area contributed by atoms with Crippen molar-refractivity contribution >= 4 is 5.91 Å². The quantitative estimate of drug-likeness (QED) is 0.838. The SMILES string of the molecule is COc1ccc(C(=O)N2CC[C@H](O)C2)cc1C. The van der Waals surface area contributed by atoms with Crippen molar-refractivity contribution in [3.8, 4) is 5.75 Å². The van der Waals surface area contributed by atoms with Gasteiger partial charge in [-0.1, -0.05) is 0 Å². The highest BCUT2D eigenvalue weighted by Crippen LogP contribution is 2.20. The van der Waals surface area contributed by atoms with Crippen LogP contribution in [0.2, 0.25) is 0 Å². The summed E-state index contributed by atoms with van der Waals surface area (Å²) in [4.78, 5) is 13.8. The van der Waals surface area contributed by atoms with Gasteiger partial charge in [0, 0.05) is 18.7 Å². The van der Waals surface area contributed by atoms with Crippen LogP contribution in [0.15, 0.2) is 18.2 Å². The first-order valence-corrected chi connectivity index (χ1v) is 5.74. The van der Waals surface area contributed by atoms with Crippen molar-refractivity contribution < 1.29 is 14.6 Å². The summed E-state index contributed by atoms with van der Waals surface area (Å²) >= 11 is 0. The Balaban J connectivity index is 2.17. The smallest absolute Gasteiger partial charge is 0.253 e. The number of hydrogen-bond acceptors (Lipinski definition) is 3. The van der Waals surface area contributed by atoms with E-state index in [9.17, 15) is 9.90 Å². The Morgan fingerprint density at radius 3 is 2.82 bits per heavy atom. The standard InChI is InChI=1S/C13H17NO3/c1-9-7-10(3-4-12(9)17-2)13(16)14-6-5-11(15)8-14/h3-4,7,11,15H,5-6,8H2,1-2H3/t11-/m0/s1. The number of carbonyl (C=O) groups excluding carboxylic acids is 1. The predicted octanol–water partition coefficient (Wildman–Crippen LogP) is 1.21. The molecule has 0 aromatic heterocycles. The molecule has 4 nitrogen and oxygen atoms in total. The van der Waals surface area contributed by atoms with E-state index < -0.39 is 0 Å². The highest BCUT2D eigenvalue weighted by atomic mass is 16.5. The molecule has 4 heteroatoms. The number of ether oxygens (including phenoxy) is 1. The first-order valence-electron chi connectivity index (χ1n) is 5.74. The second-order valence-corrected chi connectivity index (χ2v) is 4.38. The zero-order valence-corrected chi connectivity index (χ0v) is 10.1. The molecule has 1 aliphatic rings. The number of benzene rings is 1. The van der Waals surface area contributed by atoms with Gasteiger partial charge < -0.3 is 14.7 Å². The largest absolute Gasteiger partial charge is 0.496 e. The average Bonchev–Trinajstić information content (AvgIpc) is 2.75. The second kappa shape index (κ2) is 4.75. The monoisotopic (exact) mass is 235 g/mol. The molecule has 1 aromatic carbocycles. The fourth-order valence-corrected chi connectivity index (χ4v) is 2.12. The third-order valence-corrected chi connectivity index (χ3v) is 3.09. The maximum atomic E-state index is 12.1. The Kier molecular flexibility index (Phi) is 3.33. The van der Waals surface area contributed by atoms with Crippen molar-refractivity contribution in [2.75, 3.05) is 20.2 Å². The van der Waals surface area contributed by atoms with Gasteiger partial charge in [-0.25, -0.2) is 0 Å². The van der Waals surface area contributed by atoms with Gasteiger partial charge in [-0.3, -0.25) is 4.79 Å². The summed E-state index contributed by atoms with van der Waals surface area (Å²) in [5.41, 5.74) is 1.59. The van der Waals surface area contributed by atoms with Gasteiger partial charge >= 0.3 is 0 Å². The van der Waals surface area contributed by atoms with Crippen LogP contribution in [0.4, 0.5) is 0 Å². The highest BCUT2D eigenvalue weighted by Gasteiger charge is 2.25. The third-order valence-electron chi connectivity index (χ3n) is 3.09. The van der Waals surface area contributed by atoms with E-state index in [2.05, 4.69) is 0 Å². The Morgan fingerprint density at radius 2 is 2.29 bits per heavy atom. The zero-order chi connectivity index (χ0) is 12.4. The van der Waals surface area contributed by atoms with Crippen molar-refractivity contribution in [1.29, 1.82) is 0 Å². The summed E-state index contributed by atoms with van der Waals surface area (Å²) in [6.07, 6.45) is 0.291. The van der Waals surface area contributed by atoms with Crippen LogP contribution in [0, 0.1) is 6.92 Å². The lowest BCUT2D eigenvalue weighted by Crippen LogP contribution is -2.29. The van der Waals surface area contributed by atoms with Gasteiger partial charge in [-0.05, 0) is 37.1 Å². The normalized spacial score (nSPS) is 19.5. The summed E-state index contributed by atoms with van der Waals surface area (Å²) in [5.74, 6) is 0.760. The van der Waals surface area contributed by atoms with Crippen molar-refractivity contribution in [2.24, 2.45) is 0 Å². The molecule has 1 saturated heterocycles. The van der Waals surface area contributed by atoms with E-state index in [1.807, 2.05) is 13.0 Å². The molecule has 92 valence electrons. The molecule has 0 saturated carbocycles. The number of methoxy groups -OCH3 is 1. The lowest BCUT2D eigenvalue weighted by atomic mass is 10.1. The molecule has 0 bridgehead atoms. The van der Waals surface area contributed by atoms with Crippen molar-refractivity contribution in [3.63, 3.8) is 0 Å². The Hall–Kier alpha value is -1.55. The second-order valence-electron chi connectivity index (χ2n) is 4.38. The summed E-state index contributed by atoms with van der Waals surface area (Å²) < 4.78 is 5.16. The van der Waals surface area contributed by atoms with Crippen molar-refractivity contribution in [2.45, 2.75) is 19.4 Å². The van der Waals surface area contributed by atoms with E-state index >= 15 is 0 Å². The number of nitrogens with zero attached hydrogens (tertiary/aromatic N) is 1. The molecule has 0 unspecified atom stereocenters. The predicted molar refractivity (Wildman–Crippen MR) is 64.3 cm³/mol. The fraction of sp³-hybridized carbons (Fsp3) is 0.462. The molecule has 1 heterocycles. The molecular weight excluding hydrogens is 218 g/mol. The maximum Gasteiger partial charge on any atom is 0.253 e. The summed E-state index contributed by atoms with van der Waals surface area (Å²) in [7, 11) is 1.61. The molecule has 2 rings (SSSR count). The minimum atomic E-state index is -0.377. The molecule has 1 aromatic rings. The van der Waals surface area contributed by atoms with E-state index in [0.717, 1.165) is 11.3 Å². The fourth-order valence-electron chi connectivity index (χ4n) is 2.12. The van der Waals surface area contributed by atoms with E-state index in [1.165, 1.54) is 0 Å². The van der Waals surface area contributed by atoms with Crippen molar-refractivity contribution in [1.82, 2.24) is 4.90 Å². The number of amides is 1. The first kappa shape index (κ1) is 11.9. The topological polar surface area (TPSA) is 49.8 Å². The van der Waals surface area contributed by atoms with Gasteiger partial charge in [-0.15, -0.1) is 0 Å². The van der Waals surface area contributed by atoms with Crippen LogP contribution in [0.25, 0.3) is 0 Å². The van der Waals surface area contributed by atoms with Gasteiger partial charge in [-0.2, -0.15) is 0 Å². The van der Waals surface area contributed by atoms with Crippen molar-refractivity contribution in [3.05, 3.63) is 29.3 Å². The van der Waals surface area contributed by atoms with E-state index in [-0.39, 0.29) is 12.0 Å². The maximum absolute atomic E-state index is 12.1. The molecule has 0 aliphatic carbocycles. The molecule has 0 radical (unpaired) electrons. The highest BCUT2D eigenvalue weighted by molar-refractivity contribution is 5.94. The van der Waals surface area contributed by atoms with E-state index in [4.69, 9.17) is 4.74 Å². The number of likely N-dealkylation sites (tertiary alicyclic amines) is 1. The Morgan fingerprint density at radius 1 is 1.53 bits per heavy atom. The van der Waals surface area contributed by atoms with E-state index in [1.54, 1.807) is 24.1 Å². The van der Waals surface area contributed by atoms with Crippen LogP contribution in [0.1, 0.15) is 22.3 Å². The number of carbonyl (C=O) groups is 1. The summed E-state index contributed by atoms with van der Waals surface area (Å²) in [5, 5.41) is 9.42. The van der Waals surface area contributed by atoms with Gasteiger partial charge in [0.15, 0.2) is 0 Å². The van der Waals surface area contributed by atoms with Crippen LogP contribution in [0.3, 0.4) is 0 Å². The summed E-state index contributed by atoms with van der Waals surface area (Å²) in [6, 6.07) is 5.39. The number of aryl methyl sites for hydroxylation is 1. The third kappa shape index (κ3) is 2.42. The number of β-amino-alcohol motifs (C(OH)–C–C–N with tert-alkyl or cyclic N) is 1. The van der Waals surface area contributed by atoms with Crippen LogP contribution < -0.4 is 4.74 Å². The number of rotatable bonds is 2. The first-order chi connectivity index (χ1) is 8.11. The number of aliphatic hydroxyl groups excluding tert-OH is 1. The Bertz CT molecular complexity index is 431. The molecule has 1 amide bonds. The zero-order valence-electron chi connectivity index (χ0n) is 10.1. The van der Waals surface area contributed by atoms with Crippen LogP contribution in [-0.2, 0) is 0 Å². The molecule has 0 spiro atoms. The van der Waals surface area contributed by atoms with Gasteiger partial charge in [0.1, 0.15) is 5.75 Å². The minimum absolute atomic E-state index is 0.0210. The van der Waals surface area contributed by atoms with E-state index in [0.29, 0.717) is 25.1 Å². The molecular formula is C13H17NO3. The van der Waals surface area contributed by atoms with Gasteiger partial charge in [0.2, 0.25) is 0 Å². The number of aliphatic hydroxyl groups is 1. The number of hydrogen-bond donors (Lipinski definition) is 1. The van der Waals surface area contributed by atoms with Crippen LogP contribution in [0.5, 0.6) is 5.75 Å². The van der Waals surface area contributed by atoms with Crippen LogP contribution in [-0.4, -0.2) is 42.2 Å². The summed E-state index contributed by atoms with van der Waals surface area (Å²) in [6.45, 7) is 2.98. The molecule has 17 heavy (non-hydrogen) atoms. The minimum Gasteiger partial charge on any atom is -0.496 e. The van der Waals surface area contributed by atoms with Crippen LogP contribution >= 0.6 is 0 Å². The molecule has 1 N–H and O–H groups in total. The van der Waals surface area contributed by atoms with Gasteiger partial charge in [0.25, 0.3) is 5.91 Å². The molecule has 1 aliphatic heterocycles. The Labute approximate surface area is 101 Å². The van der Waals surface area contributed by atoms with Gasteiger partial charge in [0.05, 0.1) is 13.2 Å². The lowest BCUT2D eigenvalue weighted by Gasteiger charge is -2.16. The molecule has 1 fully saturated rings. The average molecular weight is 235 g/mol. The molecule has 1 atom stereocenters. The lowest BCUT2D eigenvalue weighted by molar-refractivity contribution is 0.0765.